The molecule has 1 N–H and O–H groups in total. The lowest BCUT2D eigenvalue weighted by molar-refractivity contribution is 0.280. The molecule has 0 saturated heterocycles. The van der Waals surface area contributed by atoms with Crippen LogP contribution in [0.1, 0.15) is 17.0 Å². The third-order valence-corrected chi connectivity index (χ3v) is 3.14. The first kappa shape index (κ1) is 14.6. The predicted molar refractivity (Wildman–Crippen MR) is 75.5 cm³/mol. The summed E-state index contributed by atoms with van der Waals surface area (Å²) >= 11 is 6.01. The Bertz CT molecular complexity index is 632. The minimum atomic E-state index is -0.0614. The monoisotopic (exact) mass is 294 g/mol. The Hall–Kier alpha value is -1.85. The predicted octanol–water partition coefficient (Wildman–Crippen LogP) is 3.04. The number of aromatic nitrogens is 2. The van der Waals surface area contributed by atoms with Gasteiger partial charge in [0.2, 0.25) is 5.88 Å². The maximum Gasteiger partial charge on any atom is 0.227 e. The lowest BCUT2D eigenvalue weighted by atomic mass is 10.2. The Morgan fingerprint density at radius 1 is 1.20 bits per heavy atom. The maximum absolute atomic E-state index is 9.12. The Morgan fingerprint density at radius 3 is 2.60 bits per heavy atom. The highest BCUT2D eigenvalue weighted by atomic mass is 35.5. The normalized spacial score (nSPS) is 10.4. The number of aliphatic hydroxyl groups excluding tert-OH is 1. The Labute approximate surface area is 122 Å². The van der Waals surface area contributed by atoms with Crippen LogP contribution in [0, 0.1) is 13.8 Å². The van der Waals surface area contributed by atoms with Crippen molar-refractivity contribution in [3.63, 3.8) is 0 Å². The van der Waals surface area contributed by atoms with Crippen LogP contribution in [-0.4, -0.2) is 22.2 Å². The zero-order chi connectivity index (χ0) is 14.7. The summed E-state index contributed by atoms with van der Waals surface area (Å²) in [5.74, 6) is 1.93. The van der Waals surface area contributed by atoms with Crippen molar-refractivity contribution in [2.75, 3.05) is 7.11 Å². The molecule has 0 unspecified atom stereocenters. The number of hydrogen-bond donors (Lipinski definition) is 1. The van der Waals surface area contributed by atoms with Gasteiger partial charge in [0.1, 0.15) is 11.0 Å². The Morgan fingerprint density at radius 2 is 1.95 bits per heavy atom. The van der Waals surface area contributed by atoms with Gasteiger partial charge in [0.25, 0.3) is 0 Å². The summed E-state index contributed by atoms with van der Waals surface area (Å²) in [6, 6.07) is 5.18. The van der Waals surface area contributed by atoms with Crippen LogP contribution >= 0.6 is 11.6 Å². The third-order valence-electron chi connectivity index (χ3n) is 2.77. The van der Waals surface area contributed by atoms with Crippen molar-refractivity contribution >= 4 is 11.6 Å². The van der Waals surface area contributed by atoms with E-state index in [1.54, 1.807) is 32.0 Å². The Balaban J connectivity index is 2.39. The highest BCUT2D eigenvalue weighted by Crippen LogP contribution is 2.34. The van der Waals surface area contributed by atoms with E-state index in [1.165, 1.54) is 7.11 Å². The summed E-state index contributed by atoms with van der Waals surface area (Å²) in [6.07, 6.45) is 0. The molecule has 20 heavy (non-hydrogen) atoms. The lowest BCUT2D eigenvalue weighted by Crippen LogP contribution is -1.99. The van der Waals surface area contributed by atoms with Crippen molar-refractivity contribution in [1.29, 1.82) is 0 Å². The van der Waals surface area contributed by atoms with Gasteiger partial charge in [0.15, 0.2) is 11.5 Å². The van der Waals surface area contributed by atoms with E-state index in [2.05, 4.69) is 9.97 Å². The van der Waals surface area contributed by atoms with Crippen LogP contribution in [0.5, 0.6) is 17.4 Å². The smallest absolute Gasteiger partial charge is 0.227 e. The number of aliphatic hydroxyl groups is 1. The summed E-state index contributed by atoms with van der Waals surface area (Å²) in [4.78, 5) is 8.28. The molecule has 0 spiro atoms. The van der Waals surface area contributed by atoms with E-state index < -0.39 is 0 Å². The minimum Gasteiger partial charge on any atom is -0.493 e. The number of methoxy groups -OCH3 is 1. The van der Waals surface area contributed by atoms with Gasteiger partial charge in [-0.1, -0.05) is 17.7 Å². The van der Waals surface area contributed by atoms with E-state index in [-0.39, 0.29) is 6.61 Å². The van der Waals surface area contributed by atoms with Crippen LogP contribution in [0.3, 0.4) is 0 Å². The maximum atomic E-state index is 9.12. The summed E-state index contributed by atoms with van der Waals surface area (Å²) in [5, 5.41) is 9.48. The van der Waals surface area contributed by atoms with Gasteiger partial charge in [-0.05, 0) is 31.5 Å². The van der Waals surface area contributed by atoms with Crippen molar-refractivity contribution in [2.45, 2.75) is 20.5 Å². The van der Waals surface area contributed by atoms with Crippen LogP contribution in [0.15, 0.2) is 18.2 Å². The molecule has 5 nitrogen and oxygen atoms in total. The molecule has 1 aromatic heterocycles. The zero-order valence-electron chi connectivity index (χ0n) is 11.5. The van der Waals surface area contributed by atoms with Gasteiger partial charge in [-0.3, -0.25) is 0 Å². The van der Waals surface area contributed by atoms with Crippen molar-refractivity contribution in [2.24, 2.45) is 0 Å². The summed E-state index contributed by atoms with van der Waals surface area (Å²) in [6.45, 7) is 3.46. The second-order valence-corrected chi connectivity index (χ2v) is 4.60. The van der Waals surface area contributed by atoms with E-state index in [1.807, 2.05) is 0 Å². The molecule has 1 heterocycles. The Kier molecular flexibility index (Phi) is 4.42. The molecule has 0 radical (unpaired) electrons. The van der Waals surface area contributed by atoms with Crippen LogP contribution in [0.2, 0.25) is 5.15 Å². The van der Waals surface area contributed by atoms with Crippen LogP contribution in [0.4, 0.5) is 0 Å². The molecule has 0 aliphatic heterocycles. The van der Waals surface area contributed by atoms with Crippen LogP contribution in [0.25, 0.3) is 0 Å². The average molecular weight is 295 g/mol. The van der Waals surface area contributed by atoms with Gasteiger partial charge < -0.3 is 14.6 Å². The second kappa shape index (κ2) is 6.07. The van der Waals surface area contributed by atoms with Crippen LogP contribution < -0.4 is 9.47 Å². The van der Waals surface area contributed by atoms with Gasteiger partial charge in [0.05, 0.1) is 13.7 Å². The molecule has 0 aliphatic carbocycles. The molecule has 106 valence electrons. The van der Waals surface area contributed by atoms with Crippen molar-refractivity contribution in [3.8, 4) is 17.4 Å². The first-order valence-electron chi connectivity index (χ1n) is 6.01. The van der Waals surface area contributed by atoms with E-state index >= 15 is 0 Å². The molecule has 0 saturated carbocycles. The summed E-state index contributed by atoms with van der Waals surface area (Å²) < 4.78 is 11.0. The van der Waals surface area contributed by atoms with Crippen molar-refractivity contribution in [3.05, 3.63) is 40.3 Å². The van der Waals surface area contributed by atoms with E-state index in [4.69, 9.17) is 26.2 Å². The lowest BCUT2D eigenvalue weighted by Gasteiger charge is -2.13. The largest absolute Gasteiger partial charge is 0.493 e. The molecule has 0 bridgehead atoms. The van der Waals surface area contributed by atoms with Gasteiger partial charge >= 0.3 is 0 Å². The third kappa shape index (κ3) is 3.00. The molecule has 0 fully saturated rings. The molecular weight excluding hydrogens is 280 g/mol. The topological polar surface area (TPSA) is 64.5 Å². The van der Waals surface area contributed by atoms with Crippen LogP contribution in [-0.2, 0) is 6.61 Å². The quantitative estimate of drug-likeness (QED) is 0.878. The van der Waals surface area contributed by atoms with E-state index in [9.17, 15) is 0 Å². The molecule has 6 heteroatoms. The SMILES string of the molecule is COc1cc(CO)ccc1Oc1nc(C)nc(Cl)c1C. The molecule has 1 aromatic carbocycles. The fraction of sp³-hybridized carbons (Fsp3) is 0.286. The number of ether oxygens (including phenoxy) is 2. The highest BCUT2D eigenvalue weighted by molar-refractivity contribution is 6.30. The molecule has 0 atom stereocenters. The molecule has 2 aromatic rings. The molecule has 2 rings (SSSR count). The average Bonchev–Trinajstić information content (AvgIpc) is 2.44. The molecular formula is C14H15ClN2O3. The first-order valence-corrected chi connectivity index (χ1v) is 6.39. The minimum absolute atomic E-state index is 0.0614. The second-order valence-electron chi connectivity index (χ2n) is 4.24. The fourth-order valence-electron chi connectivity index (χ4n) is 1.67. The number of halogens is 1. The van der Waals surface area contributed by atoms with Gasteiger partial charge in [-0.2, -0.15) is 4.98 Å². The number of nitrogens with zero attached hydrogens (tertiary/aromatic N) is 2. The summed E-state index contributed by atoms with van der Waals surface area (Å²) in [5.41, 5.74) is 1.40. The van der Waals surface area contributed by atoms with Crippen molar-refractivity contribution < 1.29 is 14.6 Å². The molecule has 0 aliphatic rings. The fourth-order valence-corrected chi connectivity index (χ4v) is 1.87. The molecule has 0 amide bonds. The van der Waals surface area contributed by atoms with E-state index in [0.717, 1.165) is 5.56 Å². The number of aryl methyl sites for hydroxylation is 1. The van der Waals surface area contributed by atoms with Gasteiger partial charge in [-0.15, -0.1) is 0 Å². The highest BCUT2D eigenvalue weighted by Gasteiger charge is 2.13. The summed E-state index contributed by atoms with van der Waals surface area (Å²) in [7, 11) is 1.54. The number of hydrogen-bond acceptors (Lipinski definition) is 5. The number of benzene rings is 1. The zero-order valence-corrected chi connectivity index (χ0v) is 12.2. The first-order chi connectivity index (χ1) is 9.55. The van der Waals surface area contributed by atoms with Gasteiger partial charge in [0, 0.05) is 5.56 Å². The van der Waals surface area contributed by atoms with Gasteiger partial charge in [-0.25, -0.2) is 4.98 Å². The number of rotatable bonds is 4. The van der Waals surface area contributed by atoms with E-state index in [0.29, 0.717) is 33.9 Å². The van der Waals surface area contributed by atoms with Crippen molar-refractivity contribution in [1.82, 2.24) is 9.97 Å². The standard InChI is InChI=1S/C14H15ClN2O3/c1-8-13(15)16-9(2)17-14(8)20-11-5-4-10(7-18)6-12(11)19-3/h4-6,18H,7H2,1-3H3.